The lowest BCUT2D eigenvalue weighted by Gasteiger charge is -2.03. The molecule has 104 valence electrons. The lowest BCUT2D eigenvalue weighted by atomic mass is 10.2. The van der Waals surface area contributed by atoms with Gasteiger partial charge in [0.05, 0.1) is 11.8 Å². The molecule has 0 unspecified atom stereocenters. The van der Waals surface area contributed by atoms with Gasteiger partial charge in [-0.3, -0.25) is 10.1 Å². The van der Waals surface area contributed by atoms with Crippen LogP contribution in [0.1, 0.15) is 40.7 Å². The molecule has 9 nitrogen and oxygen atoms in total. The minimum Gasteiger partial charge on any atom is -0.476 e. The van der Waals surface area contributed by atoms with Crippen molar-refractivity contribution in [2.45, 2.75) is 25.3 Å². The fourth-order valence-electron chi connectivity index (χ4n) is 2.05. The van der Waals surface area contributed by atoms with E-state index in [4.69, 9.17) is 9.52 Å². The lowest BCUT2D eigenvalue weighted by Crippen LogP contribution is -2.08. The van der Waals surface area contributed by atoms with Crippen molar-refractivity contribution in [1.82, 2.24) is 15.0 Å². The number of rotatable bonds is 5. The van der Waals surface area contributed by atoms with Gasteiger partial charge in [0.15, 0.2) is 5.69 Å². The van der Waals surface area contributed by atoms with E-state index in [0.717, 1.165) is 12.8 Å². The van der Waals surface area contributed by atoms with Crippen LogP contribution in [0, 0.1) is 10.1 Å². The highest BCUT2D eigenvalue weighted by atomic mass is 16.6. The smallest absolute Gasteiger partial charge is 0.433 e. The van der Waals surface area contributed by atoms with Crippen LogP contribution in [-0.2, 0) is 6.54 Å². The average molecular weight is 278 g/mol. The minimum atomic E-state index is -1.12. The second-order valence-electron chi connectivity index (χ2n) is 4.56. The molecule has 2 aromatic heterocycles. The van der Waals surface area contributed by atoms with Crippen molar-refractivity contribution in [2.24, 2.45) is 0 Å². The van der Waals surface area contributed by atoms with Crippen molar-refractivity contribution in [2.75, 3.05) is 0 Å². The molecule has 0 aromatic carbocycles. The summed E-state index contributed by atoms with van der Waals surface area (Å²) in [7, 11) is 0. The van der Waals surface area contributed by atoms with E-state index in [2.05, 4.69) is 10.3 Å². The van der Waals surface area contributed by atoms with Gasteiger partial charge in [0, 0.05) is 5.92 Å². The third-order valence-corrected chi connectivity index (χ3v) is 3.07. The van der Waals surface area contributed by atoms with E-state index < -0.39 is 10.9 Å². The Morgan fingerprint density at radius 2 is 2.30 bits per heavy atom. The van der Waals surface area contributed by atoms with Crippen LogP contribution >= 0.6 is 0 Å². The first-order chi connectivity index (χ1) is 9.56. The molecule has 1 aliphatic rings. The summed E-state index contributed by atoms with van der Waals surface area (Å²) in [5.41, 5.74) is 0.491. The van der Waals surface area contributed by atoms with Gasteiger partial charge < -0.3 is 9.52 Å². The van der Waals surface area contributed by atoms with Crippen LogP contribution in [0.5, 0.6) is 0 Å². The van der Waals surface area contributed by atoms with E-state index in [0.29, 0.717) is 11.5 Å². The summed E-state index contributed by atoms with van der Waals surface area (Å²) in [6, 6.07) is 2.72. The Hall–Kier alpha value is -2.71. The number of nitro groups is 1. The van der Waals surface area contributed by atoms with E-state index in [1.54, 1.807) is 0 Å². The Balaban J connectivity index is 1.90. The minimum absolute atomic E-state index is 0.0615. The monoisotopic (exact) mass is 278 g/mol. The van der Waals surface area contributed by atoms with Crippen molar-refractivity contribution in [3.05, 3.63) is 39.4 Å². The summed E-state index contributed by atoms with van der Waals surface area (Å²) in [6.07, 6.45) is 1.79. The Morgan fingerprint density at radius 3 is 2.85 bits per heavy atom. The second kappa shape index (κ2) is 4.44. The highest BCUT2D eigenvalue weighted by Crippen LogP contribution is 2.41. The molecule has 2 heterocycles. The van der Waals surface area contributed by atoms with E-state index >= 15 is 0 Å². The van der Waals surface area contributed by atoms with Crippen LogP contribution < -0.4 is 0 Å². The summed E-state index contributed by atoms with van der Waals surface area (Å²) in [5.74, 6) is -1.00. The van der Waals surface area contributed by atoms with Crippen molar-refractivity contribution >= 4 is 11.9 Å². The topological polar surface area (TPSA) is 124 Å². The number of hydrogen-bond acceptors (Lipinski definition) is 6. The van der Waals surface area contributed by atoms with E-state index in [1.165, 1.54) is 16.8 Å². The van der Waals surface area contributed by atoms with Crippen LogP contribution in [0.15, 0.2) is 16.5 Å². The molecule has 0 bridgehead atoms. The molecular formula is C11H10N4O5. The highest BCUT2D eigenvalue weighted by molar-refractivity contribution is 5.86. The first kappa shape index (κ1) is 12.3. The third kappa shape index (κ3) is 2.13. The fourth-order valence-corrected chi connectivity index (χ4v) is 2.05. The maximum absolute atomic E-state index is 11.1. The van der Waals surface area contributed by atoms with E-state index in [9.17, 15) is 14.9 Å². The van der Waals surface area contributed by atoms with Gasteiger partial charge in [-0.2, -0.15) is 0 Å². The Bertz CT molecular complexity index is 685. The van der Waals surface area contributed by atoms with Gasteiger partial charge in [0.25, 0.3) is 0 Å². The third-order valence-electron chi connectivity index (χ3n) is 3.07. The van der Waals surface area contributed by atoms with E-state index in [1.807, 2.05) is 0 Å². The molecule has 0 spiro atoms. The van der Waals surface area contributed by atoms with Gasteiger partial charge in [-0.15, -0.1) is 5.10 Å². The van der Waals surface area contributed by atoms with Gasteiger partial charge in [-0.05, 0) is 18.9 Å². The van der Waals surface area contributed by atoms with Gasteiger partial charge in [-0.25, -0.2) is 9.48 Å². The normalized spacial score (nSPS) is 14.4. The molecule has 1 saturated carbocycles. The number of aromatic nitrogens is 3. The van der Waals surface area contributed by atoms with Crippen molar-refractivity contribution in [1.29, 1.82) is 0 Å². The maximum atomic E-state index is 11.1. The van der Waals surface area contributed by atoms with Gasteiger partial charge in [0.1, 0.15) is 17.2 Å². The first-order valence-electron chi connectivity index (χ1n) is 5.96. The lowest BCUT2D eigenvalue weighted by molar-refractivity contribution is -0.402. The van der Waals surface area contributed by atoms with E-state index in [-0.39, 0.29) is 24.0 Å². The molecule has 3 rings (SSSR count). The van der Waals surface area contributed by atoms with Crippen LogP contribution in [0.25, 0.3) is 0 Å². The zero-order chi connectivity index (χ0) is 14.3. The van der Waals surface area contributed by atoms with Crippen LogP contribution in [0.2, 0.25) is 0 Å². The van der Waals surface area contributed by atoms with Gasteiger partial charge in [-0.1, -0.05) is 5.21 Å². The zero-order valence-electron chi connectivity index (χ0n) is 10.2. The summed E-state index contributed by atoms with van der Waals surface area (Å²) >= 11 is 0. The van der Waals surface area contributed by atoms with Crippen molar-refractivity contribution in [3.63, 3.8) is 0 Å². The highest BCUT2D eigenvalue weighted by Gasteiger charge is 2.34. The predicted molar refractivity (Wildman–Crippen MR) is 63.4 cm³/mol. The maximum Gasteiger partial charge on any atom is 0.433 e. The number of furan rings is 1. The summed E-state index contributed by atoms with van der Waals surface area (Å²) in [6.45, 7) is 0.125. The van der Waals surface area contributed by atoms with Crippen LogP contribution in [-0.4, -0.2) is 31.0 Å². The average Bonchev–Trinajstić information content (AvgIpc) is 2.97. The summed E-state index contributed by atoms with van der Waals surface area (Å²) in [5, 5.41) is 27.1. The number of carbonyl (C=O) groups is 1. The second-order valence-corrected chi connectivity index (χ2v) is 4.56. The number of hydrogen-bond donors (Lipinski definition) is 1. The molecule has 0 amide bonds. The molecule has 1 aliphatic carbocycles. The zero-order valence-corrected chi connectivity index (χ0v) is 10.2. The molecule has 2 aromatic rings. The Morgan fingerprint density at radius 1 is 1.55 bits per heavy atom. The molecule has 20 heavy (non-hydrogen) atoms. The number of carboxylic acids is 1. The number of nitrogens with zero attached hydrogens (tertiary/aromatic N) is 4. The van der Waals surface area contributed by atoms with Crippen LogP contribution in [0.3, 0.4) is 0 Å². The standard InChI is InChI=1S/C11H10N4O5/c16-11(17)9-10(6-1-2-6)14(13-12-9)5-7-3-4-8(20-7)15(18)19/h3-4,6H,1-2,5H2,(H,16,17). The molecule has 1 N–H and O–H groups in total. The predicted octanol–water partition coefficient (Wildman–Crippen LogP) is 1.40. The fraction of sp³-hybridized carbons (Fsp3) is 0.364. The molecule has 1 fully saturated rings. The molecule has 9 heteroatoms. The SMILES string of the molecule is O=C(O)c1nnn(Cc2ccc([N+](=O)[O-])o2)c1C1CC1. The van der Waals surface area contributed by atoms with Gasteiger partial charge >= 0.3 is 11.9 Å². The molecule has 0 radical (unpaired) electrons. The Kier molecular flexibility index (Phi) is 2.74. The van der Waals surface area contributed by atoms with Gasteiger partial charge in [0.2, 0.25) is 0 Å². The largest absolute Gasteiger partial charge is 0.476 e. The summed E-state index contributed by atoms with van der Waals surface area (Å²) < 4.78 is 6.47. The molecule has 0 atom stereocenters. The van der Waals surface area contributed by atoms with Crippen molar-refractivity contribution < 1.29 is 19.2 Å². The molecule has 0 saturated heterocycles. The number of aromatic carboxylic acids is 1. The number of carboxylic acid groups (broad SMARTS) is 1. The first-order valence-corrected chi connectivity index (χ1v) is 5.96. The van der Waals surface area contributed by atoms with Crippen molar-refractivity contribution in [3.8, 4) is 0 Å². The quantitative estimate of drug-likeness (QED) is 0.647. The Labute approximate surface area is 112 Å². The van der Waals surface area contributed by atoms with Crippen LogP contribution in [0.4, 0.5) is 5.88 Å². The molecule has 0 aliphatic heterocycles. The molecular weight excluding hydrogens is 268 g/mol. The summed E-state index contributed by atoms with van der Waals surface area (Å²) in [4.78, 5) is 21.0.